The Balaban J connectivity index is 1.64. The molecule has 0 aliphatic carbocycles. The standard InChI is InChI=1S/C21H28N2O7/c1-27-17-5-4-14(20(28-2)21(17)29-3)11-22-6-8-23(9-7-22)12-18-19(26)16(25)10-15(13-24)30-18/h4-5,10,24,26H,6-9,11-13H2,1-3H3. The van der Waals surface area contributed by atoms with E-state index in [4.69, 9.17) is 18.6 Å². The minimum absolute atomic E-state index is 0.145. The van der Waals surface area contributed by atoms with Crippen molar-refractivity contribution in [3.63, 3.8) is 0 Å². The van der Waals surface area contributed by atoms with Gasteiger partial charge < -0.3 is 28.8 Å². The number of piperazine rings is 1. The van der Waals surface area contributed by atoms with Gasteiger partial charge >= 0.3 is 0 Å². The molecule has 0 radical (unpaired) electrons. The molecule has 0 amide bonds. The van der Waals surface area contributed by atoms with Crippen molar-refractivity contribution in [2.45, 2.75) is 19.7 Å². The fourth-order valence-electron chi connectivity index (χ4n) is 3.61. The van der Waals surface area contributed by atoms with Gasteiger partial charge in [0, 0.05) is 44.4 Å². The zero-order valence-electron chi connectivity index (χ0n) is 17.5. The molecule has 2 N–H and O–H groups in total. The number of hydrogen-bond acceptors (Lipinski definition) is 9. The SMILES string of the molecule is COc1ccc(CN2CCN(Cc3oc(CO)cc(=O)c3O)CC2)c(OC)c1OC. The van der Waals surface area contributed by atoms with Crippen molar-refractivity contribution < 1.29 is 28.8 Å². The third-order valence-corrected chi connectivity index (χ3v) is 5.21. The van der Waals surface area contributed by atoms with Crippen LogP contribution in [0, 0.1) is 0 Å². The summed E-state index contributed by atoms with van der Waals surface area (Å²) >= 11 is 0. The first-order chi connectivity index (χ1) is 14.5. The molecule has 0 unspecified atom stereocenters. The van der Waals surface area contributed by atoms with Gasteiger partial charge in [-0.05, 0) is 6.07 Å². The highest BCUT2D eigenvalue weighted by atomic mass is 16.5. The molecule has 1 saturated heterocycles. The smallest absolute Gasteiger partial charge is 0.227 e. The Bertz CT molecular complexity index is 920. The van der Waals surface area contributed by atoms with E-state index >= 15 is 0 Å². The first kappa shape index (κ1) is 21.9. The van der Waals surface area contributed by atoms with Crippen LogP contribution in [0.3, 0.4) is 0 Å². The fourth-order valence-corrected chi connectivity index (χ4v) is 3.61. The molecular weight excluding hydrogens is 392 g/mol. The summed E-state index contributed by atoms with van der Waals surface area (Å²) in [7, 11) is 4.79. The monoisotopic (exact) mass is 420 g/mol. The maximum Gasteiger partial charge on any atom is 0.227 e. The molecule has 164 valence electrons. The zero-order chi connectivity index (χ0) is 21.7. The molecule has 2 aromatic rings. The highest BCUT2D eigenvalue weighted by Crippen LogP contribution is 2.40. The molecule has 1 aromatic carbocycles. The molecule has 1 aliphatic heterocycles. The summed E-state index contributed by atoms with van der Waals surface area (Å²) in [5.41, 5.74) is 0.461. The largest absolute Gasteiger partial charge is 0.502 e. The van der Waals surface area contributed by atoms with Gasteiger partial charge in [0.15, 0.2) is 17.3 Å². The van der Waals surface area contributed by atoms with Crippen molar-refractivity contribution in [2.24, 2.45) is 0 Å². The van der Waals surface area contributed by atoms with Gasteiger partial charge in [0.1, 0.15) is 12.4 Å². The molecule has 0 bridgehead atoms. The van der Waals surface area contributed by atoms with Gasteiger partial charge in [0.05, 0.1) is 27.9 Å². The summed E-state index contributed by atoms with van der Waals surface area (Å²) in [5.74, 6) is 1.78. The number of rotatable bonds is 8. The Hall–Kier alpha value is -2.75. The molecule has 1 fully saturated rings. The van der Waals surface area contributed by atoms with Gasteiger partial charge in [0.2, 0.25) is 16.9 Å². The van der Waals surface area contributed by atoms with Gasteiger partial charge in [0.25, 0.3) is 0 Å². The van der Waals surface area contributed by atoms with Crippen LogP contribution in [0.2, 0.25) is 0 Å². The Kier molecular flexibility index (Phi) is 7.20. The molecule has 2 heterocycles. The first-order valence-electron chi connectivity index (χ1n) is 9.69. The van der Waals surface area contributed by atoms with E-state index in [9.17, 15) is 15.0 Å². The molecule has 3 rings (SSSR count). The minimum Gasteiger partial charge on any atom is -0.502 e. The normalized spacial score (nSPS) is 15.2. The van der Waals surface area contributed by atoms with Gasteiger partial charge in [-0.3, -0.25) is 14.6 Å². The van der Waals surface area contributed by atoms with E-state index in [1.165, 1.54) is 0 Å². The third-order valence-electron chi connectivity index (χ3n) is 5.21. The number of nitrogens with zero attached hydrogens (tertiary/aromatic N) is 2. The van der Waals surface area contributed by atoms with Crippen molar-refractivity contribution in [3.8, 4) is 23.0 Å². The van der Waals surface area contributed by atoms with E-state index in [2.05, 4.69) is 9.80 Å². The average molecular weight is 420 g/mol. The molecular formula is C21H28N2O7. The molecule has 9 heteroatoms. The van der Waals surface area contributed by atoms with Gasteiger partial charge in [-0.2, -0.15) is 0 Å². The van der Waals surface area contributed by atoms with Crippen molar-refractivity contribution in [2.75, 3.05) is 47.5 Å². The lowest BCUT2D eigenvalue weighted by Gasteiger charge is -2.34. The lowest BCUT2D eigenvalue weighted by molar-refractivity contribution is 0.111. The number of aromatic hydroxyl groups is 1. The summed E-state index contributed by atoms with van der Waals surface area (Å²) in [4.78, 5) is 16.2. The van der Waals surface area contributed by atoms with Gasteiger partial charge in [-0.1, -0.05) is 6.07 Å². The number of benzene rings is 1. The highest BCUT2D eigenvalue weighted by Gasteiger charge is 2.23. The molecule has 30 heavy (non-hydrogen) atoms. The lowest BCUT2D eigenvalue weighted by Crippen LogP contribution is -2.45. The minimum atomic E-state index is -0.542. The zero-order valence-corrected chi connectivity index (χ0v) is 17.5. The summed E-state index contributed by atoms with van der Waals surface area (Å²) in [6.45, 7) is 3.68. The number of methoxy groups -OCH3 is 3. The van der Waals surface area contributed by atoms with Crippen LogP contribution in [-0.2, 0) is 19.7 Å². The average Bonchev–Trinajstić information content (AvgIpc) is 2.77. The van der Waals surface area contributed by atoms with Gasteiger partial charge in [-0.25, -0.2) is 0 Å². The van der Waals surface area contributed by atoms with Gasteiger partial charge in [-0.15, -0.1) is 0 Å². The second-order valence-electron chi connectivity index (χ2n) is 7.05. The maximum absolute atomic E-state index is 11.8. The molecule has 1 aromatic heterocycles. The second-order valence-corrected chi connectivity index (χ2v) is 7.05. The van der Waals surface area contributed by atoms with E-state index in [0.717, 1.165) is 37.8 Å². The van der Waals surface area contributed by atoms with Crippen LogP contribution < -0.4 is 19.6 Å². The molecule has 9 nitrogen and oxygen atoms in total. The number of hydrogen-bond donors (Lipinski definition) is 2. The molecule has 0 saturated carbocycles. The van der Waals surface area contributed by atoms with Crippen LogP contribution >= 0.6 is 0 Å². The fraction of sp³-hybridized carbons (Fsp3) is 0.476. The van der Waals surface area contributed by atoms with E-state index in [-0.39, 0.29) is 18.1 Å². The predicted molar refractivity (Wildman–Crippen MR) is 109 cm³/mol. The van der Waals surface area contributed by atoms with E-state index in [0.29, 0.717) is 30.3 Å². The quantitative estimate of drug-likeness (QED) is 0.651. The maximum atomic E-state index is 11.8. The van der Waals surface area contributed by atoms with Crippen LogP contribution in [0.25, 0.3) is 0 Å². The third kappa shape index (κ3) is 4.69. The Morgan fingerprint density at radius 1 is 0.967 bits per heavy atom. The Morgan fingerprint density at radius 3 is 2.17 bits per heavy atom. The first-order valence-corrected chi connectivity index (χ1v) is 9.69. The number of aliphatic hydroxyl groups excluding tert-OH is 1. The highest BCUT2D eigenvalue weighted by molar-refractivity contribution is 5.55. The summed E-state index contributed by atoms with van der Waals surface area (Å²) < 4.78 is 21.8. The van der Waals surface area contributed by atoms with Crippen molar-refractivity contribution >= 4 is 0 Å². The second kappa shape index (κ2) is 9.84. The number of ether oxygens (including phenoxy) is 3. The summed E-state index contributed by atoms with van der Waals surface area (Å²) in [6.07, 6.45) is 0. The van der Waals surface area contributed by atoms with Crippen LogP contribution in [0.5, 0.6) is 23.0 Å². The summed E-state index contributed by atoms with van der Waals surface area (Å²) in [5, 5.41) is 19.2. The van der Waals surface area contributed by atoms with E-state index < -0.39 is 11.2 Å². The number of aliphatic hydroxyl groups is 1. The van der Waals surface area contributed by atoms with Crippen molar-refractivity contribution in [1.82, 2.24) is 9.80 Å². The van der Waals surface area contributed by atoms with Crippen LogP contribution in [0.15, 0.2) is 27.4 Å². The molecule has 0 atom stereocenters. The van der Waals surface area contributed by atoms with E-state index in [1.54, 1.807) is 21.3 Å². The summed E-state index contributed by atoms with van der Waals surface area (Å²) in [6, 6.07) is 4.94. The van der Waals surface area contributed by atoms with Crippen molar-refractivity contribution in [3.05, 3.63) is 45.5 Å². The predicted octanol–water partition coefficient (Wildman–Crippen LogP) is 1.18. The topological polar surface area (TPSA) is 105 Å². The van der Waals surface area contributed by atoms with Crippen LogP contribution in [0.4, 0.5) is 0 Å². The lowest BCUT2D eigenvalue weighted by atomic mass is 10.1. The van der Waals surface area contributed by atoms with E-state index in [1.807, 2.05) is 12.1 Å². The van der Waals surface area contributed by atoms with Crippen LogP contribution in [0.1, 0.15) is 17.1 Å². The molecule has 1 aliphatic rings. The van der Waals surface area contributed by atoms with Crippen molar-refractivity contribution in [1.29, 1.82) is 0 Å². The van der Waals surface area contributed by atoms with Crippen LogP contribution in [-0.4, -0.2) is 67.5 Å². The Morgan fingerprint density at radius 2 is 1.60 bits per heavy atom. The Labute approximate surface area is 175 Å². The molecule has 0 spiro atoms.